The van der Waals surface area contributed by atoms with Gasteiger partial charge in [-0.2, -0.15) is 5.10 Å². The van der Waals surface area contributed by atoms with Crippen LogP contribution in [0.25, 0.3) is 0 Å². The predicted octanol–water partition coefficient (Wildman–Crippen LogP) is 1.95. The average Bonchev–Trinajstić information content (AvgIpc) is 3.13. The Labute approximate surface area is 156 Å². The normalized spacial score (nSPS) is 10.6. The molecule has 0 saturated carbocycles. The van der Waals surface area contributed by atoms with Crippen LogP contribution in [0.15, 0.2) is 46.1 Å². The lowest BCUT2D eigenvalue weighted by Gasteiger charge is -2.13. The summed E-state index contributed by atoms with van der Waals surface area (Å²) >= 11 is 6.17. The summed E-state index contributed by atoms with van der Waals surface area (Å²) in [5.74, 6) is 0.154. The van der Waals surface area contributed by atoms with Crippen LogP contribution in [0.2, 0.25) is 5.02 Å². The quantitative estimate of drug-likeness (QED) is 0.507. The predicted molar refractivity (Wildman–Crippen MR) is 100 cm³/mol. The SMILES string of the molecule is CN(C)c1ccc(/C=N/NC(=O)CNC(=O)NCc2ccco2)c(Cl)c1. The largest absolute Gasteiger partial charge is 0.467 e. The van der Waals surface area contributed by atoms with E-state index in [4.69, 9.17) is 16.0 Å². The van der Waals surface area contributed by atoms with Gasteiger partial charge >= 0.3 is 6.03 Å². The Bertz CT molecular complexity index is 775. The van der Waals surface area contributed by atoms with Crippen molar-refractivity contribution in [3.05, 3.63) is 52.9 Å². The molecule has 0 bridgehead atoms. The molecule has 0 atom stereocenters. The minimum atomic E-state index is -0.483. The first-order chi connectivity index (χ1) is 12.5. The van der Waals surface area contributed by atoms with Crippen molar-refractivity contribution >= 4 is 35.4 Å². The molecule has 8 nitrogen and oxygen atoms in total. The van der Waals surface area contributed by atoms with E-state index >= 15 is 0 Å². The molecule has 1 aromatic carbocycles. The number of nitrogens with zero attached hydrogens (tertiary/aromatic N) is 2. The van der Waals surface area contributed by atoms with Crippen LogP contribution in [0.1, 0.15) is 11.3 Å². The average molecular weight is 378 g/mol. The minimum Gasteiger partial charge on any atom is -0.467 e. The van der Waals surface area contributed by atoms with Crippen LogP contribution < -0.4 is 21.0 Å². The smallest absolute Gasteiger partial charge is 0.315 e. The fourth-order valence-electron chi connectivity index (χ4n) is 1.92. The number of urea groups is 1. The fraction of sp³-hybridized carbons (Fsp3) is 0.235. The maximum Gasteiger partial charge on any atom is 0.315 e. The van der Waals surface area contributed by atoms with E-state index in [2.05, 4.69) is 21.2 Å². The van der Waals surface area contributed by atoms with Crippen molar-refractivity contribution in [3.8, 4) is 0 Å². The van der Waals surface area contributed by atoms with Gasteiger partial charge in [0.2, 0.25) is 0 Å². The summed E-state index contributed by atoms with van der Waals surface area (Å²) in [6, 6.07) is 8.46. The van der Waals surface area contributed by atoms with Gasteiger partial charge in [0.05, 0.1) is 24.0 Å². The lowest BCUT2D eigenvalue weighted by molar-refractivity contribution is -0.120. The number of amides is 3. The number of anilines is 1. The van der Waals surface area contributed by atoms with Crippen LogP contribution in [-0.4, -0.2) is 38.8 Å². The summed E-state index contributed by atoms with van der Waals surface area (Å²) in [6.07, 6.45) is 2.96. The maximum absolute atomic E-state index is 11.7. The molecule has 1 aromatic heterocycles. The molecule has 26 heavy (non-hydrogen) atoms. The molecule has 0 aliphatic rings. The summed E-state index contributed by atoms with van der Waals surface area (Å²) < 4.78 is 5.08. The lowest BCUT2D eigenvalue weighted by atomic mass is 10.2. The first-order valence-corrected chi connectivity index (χ1v) is 8.16. The van der Waals surface area contributed by atoms with Gasteiger partial charge in [-0.05, 0) is 30.3 Å². The van der Waals surface area contributed by atoms with Gasteiger partial charge in [0.25, 0.3) is 5.91 Å². The van der Waals surface area contributed by atoms with Gasteiger partial charge in [0.1, 0.15) is 12.3 Å². The highest BCUT2D eigenvalue weighted by Gasteiger charge is 2.05. The van der Waals surface area contributed by atoms with Crippen LogP contribution in [0.5, 0.6) is 0 Å². The van der Waals surface area contributed by atoms with E-state index in [1.54, 1.807) is 24.3 Å². The van der Waals surface area contributed by atoms with Crippen molar-refractivity contribution in [1.29, 1.82) is 0 Å². The van der Waals surface area contributed by atoms with Crippen LogP contribution in [0, 0.1) is 0 Å². The van der Waals surface area contributed by atoms with Gasteiger partial charge in [-0.15, -0.1) is 0 Å². The third kappa shape index (κ3) is 6.14. The van der Waals surface area contributed by atoms with Crippen molar-refractivity contribution in [2.24, 2.45) is 5.10 Å². The van der Waals surface area contributed by atoms with E-state index in [0.29, 0.717) is 16.3 Å². The zero-order valence-electron chi connectivity index (χ0n) is 14.5. The molecule has 0 unspecified atom stereocenters. The monoisotopic (exact) mass is 377 g/mol. The van der Waals surface area contributed by atoms with Gasteiger partial charge < -0.3 is 20.0 Å². The molecule has 1 heterocycles. The molecule has 0 radical (unpaired) electrons. The summed E-state index contributed by atoms with van der Waals surface area (Å²) in [6.45, 7) is 0.0225. The van der Waals surface area contributed by atoms with Crippen molar-refractivity contribution in [2.75, 3.05) is 25.5 Å². The Morgan fingerprint density at radius 2 is 2.08 bits per heavy atom. The molecule has 9 heteroatoms. The molecule has 0 aliphatic carbocycles. The molecule has 2 rings (SSSR count). The highest BCUT2D eigenvalue weighted by atomic mass is 35.5. The van der Waals surface area contributed by atoms with E-state index < -0.39 is 11.9 Å². The van der Waals surface area contributed by atoms with E-state index in [1.807, 2.05) is 25.1 Å². The molecule has 3 N–H and O–H groups in total. The summed E-state index contributed by atoms with van der Waals surface area (Å²) in [7, 11) is 3.83. The van der Waals surface area contributed by atoms with Gasteiger partial charge in [0.15, 0.2) is 0 Å². The second kappa shape index (κ2) is 9.47. The van der Waals surface area contributed by atoms with E-state index in [1.165, 1.54) is 12.5 Å². The molecule has 0 aliphatic heterocycles. The van der Waals surface area contributed by atoms with Crippen molar-refractivity contribution in [3.63, 3.8) is 0 Å². The molecule has 138 valence electrons. The van der Waals surface area contributed by atoms with Crippen LogP contribution >= 0.6 is 11.6 Å². The third-order valence-corrected chi connectivity index (χ3v) is 3.63. The lowest BCUT2D eigenvalue weighted by Crippen LogP contribution is -2.40. The van der Waals surface area contributed by atoms with E-state index in [-0.39, 0.29) is 13.1 Å². The van der Waals surface area contributed by atoms with E-state index in [9.17, 15) is 9.59 Å². The number of rotatable bonds is 7. The number of benzene rings is 1. The van der Waals surface area contributed by atoms with Crippen LogP contribution in [-0.2, 0) is 11.3 Å². The van der Waals surface area contributed by atoms with Gasteiger partial charge in [-0.25, -0.2) is 10.2 Å². The number of halogens is 1. The second-order valence-electron chi connectivity index (χ2n) is 5.51. The maximum atomic E-state index is 11.7. The minimum absolute atomic E-state index is 0.214. The molecular formula is C17H20ClN5O3. The number of hydrogen-bond acceptors (Lipinski definition) is 5. The zero-order chi connectivity index (χ0) is 18.9. The molecular weight excluding hydrogens is 358 g/mol. The number of hydrazone groups is 1. The molecule has 0 spiro atoms. The Morgan fingerprint density at radius 1 is 1.27 bits per heavy atom. The van der Waals surface area contributed by atoms with Crippen molar-refractivity contribution < 1.29 is 14.0 Å². The molecule has 3 amide bonds. The second-order valence-corrected chi connectivity index (χ2v) is 5.92. The van der Waals surface area contributed by atoms with Crippen LogP contribution in [0.4, 0.5) is 10.5 Å². The third-order valence-electron chi connectivity index (χ3n) is 3.31. The molecule has 0 fully saturated rings. The van der Waals surface area contributed by atoms with E-state index in [0.717, 1.165) is 5.69 Å². The van der Waals surface area contributed by atoms with Gasteiger partial charge in [0, 0.05) is 25.3 Å². The highest BCUT2D eigenvalue weighted by molar-refractivity contribution is 6.33. The first-order valence-electron chi connectivity index (χ1n) is 7.78. The first kappa shape index (κ1) is 19.3. The van der Waals surface area contributed by atoms with Gasteiger partial charge in [-0.3, -0.25) is 4.79 Å². The Hall–Kier alpha value is -3.00. The summed E-state index contributed by atoms with van der Waals surface area (Å²) in [5.41, 5.74) is 3.95. The van der Waals surface area contributed by atoms with Gasteiger partial charge in [-0.1, -0.05) is 11.6 Å². The molecule has 2 aromatic rings. The standard InChI is InChI=1S/C17H20ClN5O3/c1-23(2)13-6-5-12(15(18)8-13)9-21-22-16(24)11-20-17(25)19-10-14-4-3-7-26-14/h3-9H,10-11H2,1-2H3,(H,22,24)(H2,19,20,25)/b21-9+. The Morgan fingerprint density at radius 3 is 2.73 bits per heavy atom. The number of nitrogens with one attached hydrogen (secondary N) is 3. The summed E-state index contributed by atoms with van der Waals surface area (Å²) in [4.78, 5) is 25.2. The number of carbonyl (C=O) groups is 2. The van der Waals surface area contributed by atoms with Crippen molar-refractivity contribution in [2.45, 2.75) is 6.54 Å². The number of carbonyl (C=O) groups excluding carboxylic acids is 2. The zero-order valence-corrected chi connectivity index (χ0v) is 15.2. The Balaban J connectivity index is 1.72. The fourth-order valence-corrected chi connectivity index (χ4v) is 2.14. The molecule has 0 saturated heterocycles. The van der Waals surface area contributed by atoms with Crippen molar-refractivity contribution in [1.82, 2.24) is 16.1 Å². The van der Waals surface area contributed by atoms with Crippen LogP contribution in [0.3, 0.4) is 0 Å². The highest BCUT2D eigenvalue weighted by Crippen LogP contribution is 2.21. The number of hydrogen-bond donors (Lipinski definition) is 3. The topological polar surface area (TPSA) is 99.0 Å². The Kier molecular flexibility index (Phi) is 7.04. The number of furan rings is 1. The summed E-state index contributed by atoms with van der Waals surface area (Å²) in [5, 5.41) is 9.33.